The molecule has 174 valence electrons. The maximum atomic E-state index is 10.1. The summed E-state index contributed by atoms with van der Waals surface area (Å²) in [5.74, 6) is 1.82. The molecule has 7 heteroatoms. The molecule has 0 bridgehead atoms. The summed E-state index contributed by atoms with van der Waals surface area (Å²) in [6.07, 6.45) is 3.71. The van der Waals surface area contributed by atoms with Gasteiger partial charge in [-0.15, -0.1) is 0 Å². The lowest BCUT2D eigenvalue weighted by atomic mass is 10.1. The predicted molar refractivity (Wildman–Crippen MR) is 140 cm³/mol. The van der Waals surface area contributed by atoms with Crippen molar-refractivity contribution in [1.82, 2.24) is 19.3 Å². The van der Waals surface area contributed by atoms with Crippen LogP contribution in [0, 0.1) is 11.3 Å². The minimum atomic E-state index is 0.427. The molecule has 0 atom stereocenters. The van der Waals surface area contributed by atoms with E-state index in [0.29, 0.717) is 34.2 Å². The number of methoxy groups -OCH3 is 1. The van der Waals surface area contributed by atoms with E-state index in [0.717, 1.165) is 27.7 Å². The molecule has 36 heavy (non-hydrogen) atoms. The topological polar surface area (TPSA) is 81.8 Å². The fraction of sp³-hybridized carbons (Fsp3) is 0.0690. The average Bonchev–Trinajstić information content (AvgIpc) is 3.63. The van der Waals surface area contributed by atoms with Gasteiger partial charge in [0.25, 0.3) is 0 Å². The Morgan fingerprint density at radius 1 is 1.03 bits per heavy atom. The van der Waals surface area contributed by atoms with Crippen molar-refractivity contribution >= 4 is 33.7 Å². The van der Waals surface area contributed by atoms with Crippen LogP contribution in [-0.2, 0) is 7.05 Å². The first-order chi connectivity index (χ1) is 17.7. The van der Waals surface area contributed by atoms with Gasteiger partial charge in [-0.3, -0.25) is 0 Å². The van der Waals surface area contributed by atoms with Crippen LogP contribution in [-0.4, -0.2) is 26.4 Å². The van der Waals surface area contributed by atoms with Gasteiger partial charge in [-0.1, -0.05) is 42.5 Å². The Morgan fingerprint density at radius 2 is 1.83 bits per heavy atom. The van der Waals surface area contributed by atoms with E-state index in [1.54, 1.807) is 11.8 Å². The van der Waals surface area contributed by atoms with Gasteiger partial charge in [0.2, 0.25) is 0 Å². The van der Waals surface area contributed by atoms with Gasteiger partial charge < -0.3 is 13.7 Å². The maximum absolute atomic E-state index is 10.1. The third kappa shape index (κ3) is 3.53. The molecule has 0 spiro atoms. The van der Waals surface area contributed by atoms with Crippen LogP contribution in [0.2, 0.25) is 0 Å². The number of hydrogen-bond acceptors (Lipinski definition) is 5. The fourth-order valence-corrected chi connectivity index (χ4v) is 4.40. The van der Waals surface area contributed by atoms with Crippen LogP contribution in [0.5, 0.6) is 5.75 Å². The highest BCUT2D eigenvalue weighted by molar-refractivity contribution is 5.94. The van der Waals surface area contributed by atoms with Crippen LogP contribution in [0.4, 0.5) is 0 Å². The average molecular weight is 472 g/mol. The summed E-state index contributed by atoms with van der Waals surface area (Å²) in [5, 5.41) is 15.9. The van der Waals surface area contributed by atoms with Crippen LogP contribution in [0.15, 0.2) is 89.5 Å². The number of nitriles is 1. The van der Waals surface area contributed by atoms with Crippen molar-refractivity contribution in [3.05, 3.63) is 96.4 Å². The number of aromatic nitrogens is 4. The molecule has 6 aromatic rings. The van der Waals surface area contributed by atoms with E-state index < -0.39 is 0 Å². The number of hydrogen-bond donors (Lipinski definition) is 0. The molecular weight excluding hydrogens is 450 g/mol. The summed E-state index contributed by atoms with van der Waals surface area (Å²) in [6, 6.07) is 27.7. The molecule has 0 unspecified atom stereocenters. The minimum Gasteiger partial charge on any atom is -0.493 e. The lowest BCUT2D eigenvalue weighted by Gasteiger charge is -2.01. The second-order valence-electron chi connectivity index (χ2n) is 8.36. The number of ether oxygens (including phenoxy) is 1. The molecule has 6 rings (SSSR count). The summed E-state index contributed by atoms with van der Waals surface area (Å²) >= 11 is 0. The number of nitrogens with zero attached hydrogens (tertiary/aromatic N) is 5. The molecular formula is C29H21N5O2. The molecule has 0 aliphatic carbocycles. The highest BCUT2D eigenvalue weighted by Crippen LogP contribution is 2.35. The number of para-hydroxylation sites is 4. The summed E-state index contributed by atoms with van der Waals surface area (Å²) < 4.78 is 15.4. The molecule has 0 N–H and O–H groups in total. The predicted octanol–water partition coefficient (Wildman–Crippen LogP) is 6.24. The normalized spacial score (nSPS) is 11.8. The van der Waals surface area contributed by atoms with Gasteiger partial charge in [0.15, 0.2) is 22.9 Å². The van der Waals surface area contributed by atoms with E-state index >= 15 is 0 Å². The van der Waals surface area contributed by atoms with Crippen LogP contribution in [0.1, 0.15) is 11.4 Å². The molecule has 3 aromatic heterocycles. The second kappa shape index (κ2) is 8.60. The van der Waals surface area contributed by atoms with Gasteiger partial charge in [-0.25, -0.2) is 9.67 Å². The number of allylic oxidation sites excluding steroid dienone is 1. The Balaban J connectivity index is 1.56. The first-order valence-corrected chi connectivity index (χ1v) is 11.4. The first-order valence-electron chi connectivity index (χ1n) is 11.4. The van der Waals surface area contributed by atoms with E-state index in [2.05, 4.69) is 6.07 Å². The van der Waals surface area contributed by atoms with E-state index in [1.807, 2.05) is 103 Å². The maximum Gasteiger partial charge on any atom is 0.176 e. The van der Waals surface area contributed by atoms with Gasteiger partial charge in [-0.2, -0.15) is 10.4 Å². The number of fused-ring (bicyclic) bond motifs is 2. The van der Waals surface area contributed by atoms with Crippen LogP contribution in [0.3, 0.4) is 0 Å². The van der Waals surface area contributed by atoms with Crippen molar-refractivity contribution in [2.24, 2.45) is 7.05 Å². The van der Waals surface area contributed by atoms with Crippen molar-refractivity contribution in [2.75, 3.05) is 7.11 Å². The van der Waals surface area contributed by atoms with Crippen LogP contribution in [0.25, 0.3) is 50.8 Å². The number of aryl methyl sites for hydroxylation is 1. The molecule has 3 heterocycles. The van der Waals surface area contributed by atoms with E-state index in [9.17, 15) is 5.26 Å². The van der Waals surface area contributed by atoms with E-state index in [4.69, 9.17) is 19.2 Å². The van der Waals surface area contributed by atoms with Crippen LogP contribution < -0.4 is 4.74 Å². The fourth-order valence-electron chi connectivity index (χ4n) is 4.40. The molecule has 0 radical (unpaired) electrons. The molecule has 0 saturated heterocycles. The van der Waals surface area contributed by atoms with Crippen LogP contribution >= 0.6 is 0 Å². The number of imidazole rings is 1. The summed E-state index contributed by atoms with van der Waals surface area (Å²) in [6.45, 7) is 0. The molecule has 0 saturated carbocycles. The Morgan fingerprint density at radius 3 is 2.61 bits per heavy atom. The van der Waals surface area contributed by atoms with Gasteiger partial charge in [0.05, 0.1) is 29.4 Å². The standard InChI is InChI=1S/C29H21N5O2/c1-33-24-13-7-6-12-23(24)31-29(33)20(17-30)15-21-18-34(22-10-4-3-5-11-22)32-27(21)26-16-19-9-8-14-25(35-2)28(19)36-26/h3-16,18H,1-2H3. The summed E-state index contributed by atoms with van der Waals surface area (Å²) in [7, 11) is 3.53. The Hall–Kier alpha value is -5.09. The van der Waals surface area contributed by atoms with Gasteiger partial charge in [0, 0.05) is 24.2 Å². The monoisotopic (exact) mass is 471 g/mol. The molecule has 0 amide bonds. The Bertz CT molecular complexity index is 1800. The third-order valence-electron chi connectivity index (χ3n) is 6.17. The smallest absolute Gasteiger partial charge is 0.176 e. The molecule has 0 aliphatic rings. The van der Waals surface area contributed by atoms with Crippen molar-refractivity contribution < 1.29 is 9.15 Å². The summed E-state index contributed by atoms with van der Waals surface area (Å²) in [4.78, 5) is 4.71. The third-order valence-corrected chi connectivity index (χ3v) is 6.17. The number of rotatable bonds is 5. The van der Waals surface area contributed by atoms with Gasteiger partial charge in [0.1, 0.15) is 11.8 Å². The van der Waals surface area contributed by atoms with Crippen molar-refractivity contribution in [3.8, 4) is 29.0 Å². The van der Waals surface area contributed by atoms with E-state index in [-0.39, 0.29) is 0 Å². The lowest BCUT2D eigenvalue weighted by Crippen LogP contribution is -1.96. The zero-order chi connectivity index (χ0) is 24.6. The largest absolute Gasteiger partial charge is 0.493 e. The highest BCUT2D eigenvalue weighted by atomic mass is 16.5. The highest BCUT2D eigenvalue weighted by Gasteiger charge is 2.19. The SMILES string of the molecule is COc1cccc2cc(-c3nn(-c4ccccc4)cc3C=C(C#N)c3nc4ccccc4n3C)oc12. The number of furan rings is 1. The molecule has 0 aliphatic heterocycles. The molecule has 7 nitrogen and oxygen atoms in total. The molecule has 0 fully saturated rings. The quantitative estimate of drug-likeness (QED) is 0.278. The van der Waals surface area contributed by atoms with Crippen molar-refractivity contribution in [1.29, 1.82) is 5.26 Å². The van der Waals surface area contributed by atoms with Gasteiger partial charge in [-0.05, 0) is 42.5 Å². The van der Waals surface area contributed by atoms with Crippen molar-refractivity contribution in [3.63, 3.8) is 0 Å². The number of benzene rings is 3. The second-order valence-corrected chi connectivity index (χ2v) is 8.36. The van der Waals surface area contributed by atoms with Crippen molar-refractivity contribution in [2.45, 2.75) is 0 Å². The van der Waals surface area contributed by atoms with E-state index in [1.165, 1.54) is 0 Å². The zero-order valence-corrected chi connectivity index (χ0v) is 19.7. The Kier molecular flexibility index (Phi) is 5.12. The minimum absolute atomic E-state index is 0.427. The van der Waals surface area contributed by atoms with Gasteiger partial charge >= 0.3 is 0 Å². The lowest BCUT2D eigenvalue weighted by molar-refractivity contribution is 0.411. The summed E-state index contributed by atoms with van der Waals surface area (Å²) in [5.41, 5.74) is 5.11. The Labute approximate surface area is 207 Å². The molecule has 3 aromatic carbocycles. The first kappa shape index (κ1) is 21.4. The zero-order valence-electron chi connectivity index (χ0n) is 19.7.